The molecule has 2 heterocycles. The van der Waals surface area contributed by atoms with Crippen molar-refractivity contribution in [2.24, 2.45) is 0 Å². The van der Waals surface area contributed by atoms with Crippen LogP contribution in [0.5, 0.6) is 0 Å². The molecule has 2 fully saturated rings. The third kappa shape index (κ3) is 4.60. The number of hydrogen-bond acceptors (Lipinski definition) is 3. The maximum absolute atomic E-state index is 13.2. The summed E-state index contributed by atoms with van der Waals surface area (Å²) in [5.41, 5.74) is -1.64. The van der Waals surface area contributed by atoms with E-state index in [1.54, 1.807) is 0 Å². The van der Waals surface area contributed by atoms with E-state index in [4.69, 9.17) is 0 Å². The number of carbonyl (C=O) groups is 1. The van der Waals surface area contributed by atoms with Crippen LogP contribution in [0.3, 0.4) is 0 Å². The molecule has 0 atom stereocenters. The minimum absolute atomic E-state index is 0.0381. The first kappa shape index (κ1) is 24.4. The fourth-order valence-corrected chi connectivity index (χ4v) is 5.04. The summed E-state index contributed by atoms with van der Waals surface area (Å²) in [6.07, 6.45) is -8.87. The highest BCUT2D eigenvalue weighted by Gasteiger charge is 2.47. The van der Waals surface area contributed by atoms with Crippen LogP contribution in [0.1, 0.15) is 39.9 Å². The summed E-state index contributed by atoms with van der Waals surface area (Å²) in [6, 6.07) is 9.02. The van der Waals surface area contributed by atoms with Gasteiger partial charge in [-0.3, -0.25) is 9.69 Å². The van der Waals surface area contributed by atoms with Crippen LogP contribution in [-0.4, -0.2) is 54.6 Å². The number of benzene rings is 2. The van der Waals surface area contributed by atoms with Crippen molar-refractivity contribution in [1.29, 1.82) is 0 Å². The number of aryl methyl sites for hydroxylation is 1. The first-order chi connectivity index (χ1) is 15.8. The summed E-state index contributed by atoms with van der Waals surface area (Å²) >= 11 is 0. The average molecular weight is 485 g/mol. The number of hydrogen-bond donors (Lipinski definition) is 0. The fraction of sp³-hybridized carbons (Fsp3) is 0.458. The minimum atomic E-state index is -5.00. The van der Waals surface area contributed by atoms with Crippen LogP contribution in [0.4, 0.5) is 32.0 Å². The number of nitrogens with zero attached hydrogens (tertiary/aromatic N) is 3. The van der Waals surface area contributed by atoms with Gasteiger partial charge in [-0.05, 0) is 56.6 Å². The third-order valence-electron chi connectivity index (χ3n) is 6.74. The summed E-state index contributed by atoms with van der Waals surface area (Å²) in [4.78, 5) is 18.8. The minimum Gasteiger partial charge on any atom is -0.351 e. The summed E-state index contributed by atoms with van der Waals surface area (Å²) in [5.74, 6) is -0.819. The normalized spacial score (nSPS) is 19.2. The molecule has 2 aliphatic heterocycles. The van der Waals surface area contributed by atoms with Gasteiger partial charge in [-0.15, -0.1) is 0 Å². The first-order valence-corrected chi connectivity index (χ1v) is 10.9. The summed E-state index contributed by atoms with van der Waals surface area (Å²) in [6.45, 7) is 3.96. The van der Waals surface area contributed by atoms with E-state index >= 15 is 0 Å². The molecule has 0 aromatic heterocycles. The molecular weight excluding hydrogens is 460 g/mol. The van der Waals surface area contributed by atoms with E-state index in [9.17, 15) is 31.1 Å². The molecule has 10 heteroatoms. The highest BCUT2D eigenvalue weighted by atomic mass is 19.4. The fourth-order valence-electron chi connectivity index (χ4n) is 5.04. The van der Waals surface area contributed by atoms with Gasteiger partial charge in [-0.2, -0.15) is 26.3 Å². The van der Waals surface area contributed by atoms with Gasteiger partial charge in [-0.25, -0.2) is 0 Å². The average Bonchev–Trinajstić information content (AvgIpc) is 3.07. The van der Waals surface area contributed by atoms with Gasteiger partial charge in [0.25, 0.3) is 5.91 Å². The van der Waals surface area contributed by atoms with E-state index in [0.29, 0.717) is 31.6 Å². The van der Waals surface area contributed by atoms with Crippen molar-refractivity contribution in [3.8, 4) is 0 Å². The molecular formula is C24H25F6N3O. The van der Waals surface area contributed by atoms with E-state index in [-0.39, 0.29) is 24.7 Å². The van der Waals surface area contributed by atoms with E-state index in [1.807, 2.05) is 38.2 Å². The van der Waals surface area contributed by atoms with Crippen molar-refractivity contribution in [1.82, 2.24) is 9.80 Å². The Bertz CT molecular complexity index is 1040. The molecule has 2 aromatic carbocycles. The Kier molecular flexibility index (Phi) is 6.08. The molecule has 0 bridgehead atoms. The maximum Gasteiger partial charge on any atom is 0.416 e. The van der Waals surface area contributed by atoms with Crippen molar-refractivity contribution in [3.05, 3.63) is 64.7 Å². The lowest BCUT2D eigenvalue weighted by Gasteiger charge is -2.45. The van der Waals surface area contributed by atoms with Gasteiger partial charge >= 0.3 is 12.4 Å². The quantitative estimate of drug-likeness (QED) is 0.532. The number of piperidine rings is 1. The molecule has 4 rings (SSSR count). The Labute approximate surface area is 193 Å². The Morgan fingerprint density at radius 3 is 2.00 bits per heavy atom. The van der Waals surface area contributed by atoms with Gasteiger partial charge in [0.2, 0.25) is 0 Å². The standard InChI is InChI=1S/C24H25F6N3O/c1-16-5-3-4-6-20(16)33-15-31(2)14-22(33)7-9-32(10-8-22)21(34)17-11-18(23(25,26)27)13-19(12-17)24(28,29)30/h3-6,11-13H,7-10,14-15H2,1-2H3. The predicted molar refractivity (Wildman–Crippen MR) is 115 cm³/mol. The molecule has 0 aliphatic carbocycles. The number of carbonyl (C=O) groups excluding carboxylic acids is 1. The van der Waals surface area contributed by atoms with Crippen LogP contribution in [0, 0.1) is 6.92 Å². The number of alkyl halides is 6. The third-order valence-corrected chi connectivity index (χ3v) is 6.74. The zero-order valence-electron chi connectivity index (χ0n) is 18.8. The van der Waals surface area contributed by atoms with Crippen molar-refractivity contribution in [2.75, 3.05) is 38.3 Å². The first-order valence-electron chi connectivity index (χ1n) is 10.9. The molecule has 0 saturated carbocycles. The van der Waals surface area contributed by atoms with E-state index < -0.39 is 35.0 Å². The van der Waals surface area contributed by atoms with Crippen molar-refractivity contribution in [2.45, 2.75) is 37.7 Å². The molecule has 184 valence electrons. The van der Waals surface area contributed by atoms with Gasteiger partial charge < -0.3 is 9.80 Å². The van der Waals surface area contributed by atoms with Gasteiger partial charge in [0.05, 0.1) is 23.3 Å². The lowest BCUT2D eigenvalue weighted by Crippen LogP contribution is -2.55. The molecule has 1 spiro atoms. The second-order valence-corrected chi connectivity index (χ2v) is 9.18. The molecule has 2 aliphatic rings. The Morgan fingerprint density at radius 1 is 0.912 bits per heavy atom. The van der Waals surface area contributed by atoms with Crippen LogP contribution >= 0.6 is 0 Å². The monoisotopic (exact) mass is 485 g/mol. The number of rotatable bonds is 2. The van der Waals surface area contributed by atoms with Crippen LogP contribution in [0.15, 0.2) is 42.5 Å². The number of likely N-dealkylation sites (tertiary alicyclic amines) is 1. The Hall–Kier alpha value is -2.75. The lowest BCUT2D eigenvalue weighted by molar-refractivity contribution is -0.143. The van der Waals surface area contributed by atoms with Gasteiger partial charge in [-0.1, -0.05) is 18.2 Å². The van der Waals surface area contributed by atoms with Gasteiger partial charge in [0.1, 0.15) is 0 Å². The van der Waals surface area contributed by atoms with Crippen LogP contribution in [-0.2, 0) is 12.4 Å². The van der Waals surface area contributed by atoms with Gasteiger partial charge in [0, 0.05) is 30.9 Å². The smallest absolute Gasteiger partial charge is 0.351 e. The molecule has 2 aromatic rings. The number of amides is 1. The summed E-state index contributed by atoms with van der Waals surface area (Å²) < 4.78 is 79.3. The number of para-hydroxylation sites is 1. The second-order valence-electron chi connectivity index (χ2n) is 9.18. The van der Waals surface area contributed by atoms with Crippen LogP contribution < -0.4 is 4.90 Å². The predicted octanol–water partition coefficient (Wildman–Crippen LogP) is 5.42. The van der Waals surface area contributed by atoms with Gasteiger partial charge in [0.15, 0.2) is 0 Å². The summed E-state index contributed by atoms with van der Waals surface area (Å²) in [5, 5.41) is 0. The Balaban J connectivity index is 1.58. The van der Waals surface area contributed by atoms with Crippen molar-refractivity contribution in [3.63, 3.8) is 0 Å². The summed E-state index contributed by atoms with van der Waals surface area (Å²) in [7, 11) is 2.00. The molecule has 1 amide bonds. The number of halogens is 6. The molecule has 2 saturated heterocycles. The lowest BCUT2D eigenvalue weighted by atomic mass is 9.85. The Morgan fingerprint density at radius 2 is 1.47 bits per heavy atom. The largest absolute Gasteiger partial charge is 0.416 e. The van der Waals surface area contributed by atoms with Crippen LogP contribution in [0.25, 0.3) is 0 Å². The highest BCUT2D eigenvalue weighted by molar-refractivity contribution is 5.94. The highest BCUT2D eigenvalue weighted by Crippen LogP contribution is 2.40. The topological polar surface area (TPSA) is 26.8 Å². The van der Waals surface area contributed by atoms with Crippen molar-refractivity contribution < 1.29 is 31.1 Å². The SMILES string of the molecule is Cc1ccccc1N1CN(C)CC12CCN(C(=O)c1cc(C(F)(F)F)cc(C(F)(F)F)c1)CC2. The van der Waals surface area contributed by atoms with E-state index in [0.717, 1.165) is 17.8 Å². The second kappa shape index (κ2) is 8.48. The molecule has 4 nitrogen and oxygen atoms in total. The molecule has 0 radical (unpaired) electrons. The van der Waals surface area contributed by atoms with E-state index in [1.165, 1.54) is 4.90 Å². The molecule has 34 heavy (non-hydrogen) atoms. The van der Waals surface area contributed by atoms with E-state index in [2.05, 4.69) is 9.80 Å². The number of likely N-dealkylation sites (N-methyl/N-ethyl adjacent to an activating group) is 1. The van der Waals surface area contributed by atoms with Crippen LogP contribution in [0.2, 0.25) is 0 Å². The maximum atomic E-state index is 13.2. The number of anilines is 1. The zero-order chi connectivity index (χ0) is 24.9. The van der Waals surface area contributed by atoms with Crippen molar-refractivity contribution >= 4 is 11.6 Å². The molecule has 0 N–H and O–H groups in total. The zero-order valence-corrected chi connectivity index (χ0v) is 18.8. The molecule has 0 unspecified atom stereocenters.